The number of hydrogen-bond acceptors (Lipinski definition) is 1. The number of amides is 1. The maximum Gasteiger partial charge on any atom is 0.223 e. The van der Waals surface area contributed by atoms with Crippen LogP contribution in [0.5, 0.6) is 0 Å². The highest BCUT2D eigenvalue weighted by atomic mass is 79.9. The summed E-state index contributed by atoms with van der Waals surface area (Å²) in [5.74, 6) is 0.356. The molecule has 1 N–H and O–H groups in total. The van der Waals surface area contributed by atoms with Crippen LogP contribution in [0.2, 0.25) is 0 Å². The first-order valence-electron chi connectivity index (χ1n) is 6.69. The lowest BCUT2D eigenvalue weighted by Crippen LogP contribution is -2.30. The van der Waals surface area contributed by atoms with Crippen molar-refractivity contribution in [3.8, 4) is 0 Å². The van der Waals surface area contributed by atoms with Gasteiger partial charge in [0.05, 0.1) is 0 Å². The van der Waals surface area contributed by atoms with Crippen LogP contribution >= 0.6 is 15.9 Å². The van der Waals surface area contributed by atoms with E-state index in [0.29, 0.717) is 6.54 Å². The molecule has 0 aromatic heterocycles. The predicted molar refractivity (Wildman–Crippen MR) is 79.3 cm³/mol. The molecule has 1 aromatic rings. The van der Waals surface area contributed by atoms with Crippen LogP contribution in [0.15, 0.2) is 28.7 Å². The minimum Gasteiger partial charge on any atom is -0.352 e. The van der Waals surface area contributed by atoms with Crippen LogP contribution in [0, 0.1) is 5.92 Å². The van der Waals surface area contributed by atoms with E-state index in [1.807, 2.05) is 24.3 Å². The number of halogens is 1. The van der Waals surface area contributed by atoms with Gasteiger partial charge in [-0.1, -0.05) is 54.8 Å². The Morgan fingerprint density at radius 1 is 1.28 bits per heavy atom. The Labute approximate surface area is 118 Å². The van der Waals surface area contributed by atoms with E-state index in [-0.39, 0.29) is 11.8 Å². The van der Waals surface area contributed by atoms with Gasteiger partial charge < -0.3 is 5.32 Å². The maximum atomic E-state index is 12.0. The number of rotatable bonds is 7. The normalized spacial score (nSPS) is 12.2. The first-order chi connectivity index (χ1) is 8.67. The van der Waals surface area contributed by atoms with Crippen LogP contribution in [0.4, 0.5) is 0 Å². The second-order valence-corrected chi connectivity index (χ2v) is 5.51. The summed E-state index contributed by atoms with van der Waals surface area (Å²) in [4.78, 5) is 12.0. The third kappa shape index (κ3) is 5.21. The van der Waals surface area contributed by atoms with E-state index >= 15 is 0 Å². The van der Waals surface area contributed by atoms with Crippen molar-refractivity contribution in [3.05, 3.63) is 34.3 Å². The summed E-state index contributed by atoms with van der Waals surface area (Å²) in [6.07, 6.45) is 4.20. The molecule has 1 amide bonds. The molecule has 1 unspecified atom stereocenters. The second-order valence-electron chi connectivity index (χ2n) is 4.59. The molecule has 1 rings (SSSR count). The number of hydrogen-bond donors (Lipinski definition) is 1. The fourth-order valence-corrected chi connectivity index (χ4v) is 2.17. The van der Waals surface area contributed by atoms with Gasteiger partial charge in [-0.05, 0) is 30.5 Å². The molecule has 0 spiro atoms. The van der Waals surface area contributed by atoms with Crippen LogP contribution in [0.1, 0.15) is 45.1 Å². The van der Waals surface area contributed by atoms with E-state index in [2.05, 4.69) is 35.1 Å². The maximum absolute atomic E-state index is 12.0. The molecule has 0 aliphatic rings. The van der Waals surface area contributed by atoms with Gasteiger partial charge in [0, 0.05) is 16.9 Å². The highest BCUT2D eigenvalue weighted by molar-refractivity contribution is 9.10. The molecule has 0 saturated heterocycles. The average molecular weight is 312 g/mol. The molecule has 0 radical (unpaired) electrons. The van der Waals surface area contributed by atoms with Gasteiger partial charge in [-0.15, -0.1) is 0 Å². The zero-order valence-electron chi connectivity index (χ0n) is 11.2. The molecule has 0 fully saturated rings. The fourth-order valence-electron chi connectivity index (χ4n) is 1.91. The van der Waals surface area contributed by atoms with Gasteiger partial charge in [-0.2, -0.15) is 0 Å². The van der Waals surface area contributed by atoms with Crippen LogP contribution in [0.3, 0.4) is 0 Å². The topological polar surface area (TPSA) is 29.1 Å². The Kier molecular flexibility index (Phi) is 7.02. The highest BCUT2D eigenvalue weighted by Gasteiger charge is 2.14. The summed E-state index contributed by atoms with van der Waals surface area (Å²) >= 11 is 3.40. The number of unbranched alkanes of at least 4 members (excludes halogenated alkanes) is 1. The number of carbonyl (C=O) groups is 1. The van der Waals surface area contributed by atoms with E-state index in [9.17, 15) is 4.79 Å². The van der Waals surface area contributed by atoms with Gasteiger partial charge in [0.15, 0.2) is 0 Å². The lowest BCUT2D eigenvalue weighted by atomic mass is 9.98. The number of benzene rings is 1. The summed E-state index contributed by atoms with van der Waals surface area (Å²) < 4.78 is 1.06. The Balaban J connectivity index is 2.41. The Morgan fingerprint density at radius 3 is 2.50 bits per heavy atom. The minimum atomic E-state index is 0.167. The lowest BCUT2D eigenvalue weighted by molar-refractivity contribution is -0.125. The van der Waals surface area contributed by atoms with E-state index in [1.165, 1.54) is 0 Å². The summed E-state index contributed by atoms with van der Waals surface area (Å²) in [5.41, 5.74) is 1.14. The second kappa shape index (κ2) is 8.30. The molecule has 0 aliphatic carbocycles. The molecule has 1 atom stereocenters. The number of nitrogens with one attached hydrogen (secondary N) is 1. The molecule has 18 heavy (non-hydrogen) atoms. The molecule has 0 bridgehead atoms. The van der Waals surface area contributed by atoms with Crippen molar-refractivity contribution in [1.29, 1.82) is 0 Å². The summed E-state index contributed by atoms with van der Waals surface area (Å²) in [6.45, 7) is 4.86. The third-order valence-corrected chi connectivity index (χ3v) is 3.68. The van der Waals surface area contributed by atoms with Gasteiger partial charge in [0.2, 0.25) is 5.91 Å². The van der Waals surface area contributed by atoms with Crippen LogP contribution in [-0.4, -0.2) is 5.91 Å². The molecule has 0 saturated carbocycles. The summed E-state index contributed by atoms with van der Waals surface area (Å²) in [5, 5.41) is 3.02. The van der Waals surface area contributed by atoms with Gasteiger partial charge in [0.1, 0.15) is 0 Å². The quantitative estimate of drug-likeness (QED) is 0.800. The third-order valence-electron chi connectivity index (χ3n) is 3.15. The smallest absolute Gasteiger partial charge is 0.223 e. The molecule has 1 aromatic carbocycles. The van der Waals surface area contributed by atoms with E-state index in [1.54, 1.807) is 0 Å². The van der Waals surface area contributed by atoms with Crippen molar-refractivity contribution >= 4 is 21.8 Å². The van der Waals surface area contributed by atoms with Crippen LogP contribution in [-0.2, 0) is 11.3 Å². The van der Waals surface area contributed by atoms with Gasteiger partial charge >= 0.3 is 0 Å². The zero-order valence-corrected chi connectivity index (χ0v) is 12.8. The average Bonchev–Trinajstić information content (AvgIpc) is 2.39. The minimum absolute atomic E-state index is 0.167. The number of carbonyl (C=O) groups excluding carboxylic acids is 1. The SMILES string of the molecule is CCCCC(CC)C(=O)NCc1ccc(Br)cc1. The predicted octanol–water partition coefficient (Wildman–Crippen LogP) is 4.28. The van der Waals surface area contributed by atoms with Gasteiger partial charge in [0.25, 0.3) is 0 Å². The van der Waals surface area contributed by atoms with Crippen molar-refractivity contribution in [1.82, 2.24) is 5.32 Å². The van der Waals surface area contributed by atoms with Crippen LogP contribution < -0.4 is 5.32 Å². The van der Waals surface area contributed by atoms with E-state index in [4.69, 9.17) is 0 Å². The zero-order chi connectivity index (χ0) is 13.4. The summed E-state index contributed by atoms with van der Waals surface area (Å²) in [7, 11) is 0. The first kappa shape index (κ1) is 15.2. The van der Waals surface area contributed by atoms with Crippen molar-refractivity contribution < 1.29 is 4.79 Å². The van der Waals surface area contributed by atoms with E-state index < -0.39 is 0 Å². The molecule has 0 aliphatic heterocycles. The van der Waals surface area contributed by atoms with Gasteiger partial charge in [-0.3, -0.25) is 4.79 Å². The molecule has 3 heteroatoms. The highest BCUT2D eigenvalue weighted by Crippen LogP contribution is 2.14. The van der Waals surface area contributed by atoms with Gasteiger partial charge in [-0.25, -0.2) is 0 Å². The van der Waals surface area contributed by atoms with E-state index in [0.717, 1.165) is 35.7 Å². The summed E-state index contributed by atoms with van der Waals surface area (Å²) in [6, 6.07) is 8.04. The Hall–Kier alpha value is -0.830. The standard InChI is InChI=1S/C15H22BrNO/c1-3-5-6-13(4-2)15(18)17-11-12-7-9-14(16)10-8-12/h7-10,13H,3-6,11H2,1-2H3,(H,17,18). The molecule has 100 valence electrons. The van der Waals surface area contributed by atoms with Crippen molar-refractivity contribution in [2.75, 3.05) is 0 Å². The van der Waals surface area contributed by atoms with Crippen molar-refractivity contribution in [3.63, 3.8) is 0 Å². The Bertz CT molecular complexity index is 361. The van der Waals surface area contributed by atoms with Crippen LogP contribution in [0.25, 0.3) is 0 Å². The molecule has 0 heterocycles. The molecular formula is C15H22BrNO. The lowest BCUT2D eigenvalue weighted by Gasteiger charge is -2.14. The first-order valence-corrected chi connectivity index (χ1v) is 7.48. The molecular weight excluding hydrogens is 290 g/mol. The largest absolute Gasteiger partial charge is 0.352 e. The Morgan fingerprint density at radius 2 is 1.94 bits per heavy atom. The molecule has 2 nitrogen and oxygen atoms in total. The monoisotopic (exact) mass is 311 g/mol. The fraction of sp³-hybridized carbons (Fsp3) is 0.533. The van der Waals surface area contributed by atoms with Crippen molar-refractivity contribution in [2.45, 2.75) is 46.1 Å². The van der Waals surface area contributed by atoms with Crippen molar-refractivity contribution in [2.24, 2.45) is 5.92 Å².